The molecule has 0 amide bonds. The summed E-state index contributed by atoms with van der Waals surface area (Å²) in [5.74, 6) is -0.292. The molecule has 6 nitrogen and oxygen atoms in total. The minimum absolute atomic E-state index is 0.216. The molecule has 1 aliphatic heterocycles. The van der Waals surface area contributed by atoms with E-state index in [0.29, 0.717) is 24.4 Å². The first-order valence-corrected chi connectivity index (χ1v) is 6.46. The number of anilines is 1. The summed E-state index contributed by atoms with van der Waals surface area (Å²) in [6.45, 7) is 2.91. The zero-order valence-corrected chi connectivity index (χ0v) is 10.9. The van der Waals surface area contributed by atoms with Crippen molar-refractivity contribution in [2.45, 2.75) is 0 Å². The third-order valence-corrected chi connectivity index (χ3v) is 3.30. The molecule has 6 heteroatoms. The van der Waals surface area contributed by atoms with E-state index in [1.54, 1.807) is 6.07 Å². The molecule has 0 aliphatic carbocycles. The van der Waals surface area contributed by atoms with Gasteiger partial charge in [-0.1, -0.05) is 24.3 Å². The van der Waals surface area contributed by atoms with E-state index in [4.69, 9.17) is 4.74 Å². The molecule has 0 unspecified atom stereocenters. The summed E-state index contributed by atoms with van der Waals surface area (Å²) in [5.41, 5.74) is 3.46. The molecule has 0 saturated carbocycles. The van der Waals surface area contributed by atoms with Crippen LogP contribution in [0.25, 0.3) is 10.8 Å². The molecule has 20 heavy (non-hydrogen) atoms. The summed E-state index contributed by atoms with van der Waals surface area (Å²) >= 11 is 0. The quantitative estimate of drug-likeness (QED) is 0.884. The molecular weight excluding hydrogens is 258 g/mol. The van der Waals surface area contributed by atoms with Crippen molar-refractivity contribution < 1.29 is 14.6 Å². The molecule has 1 fully saturated rings. The van der Waals surface area contributed by atoms with Crippen LogP contribution in [0.3, 0.4) is 0 Å². The summed E-state index contributed by atoms with van der Waals surface area (Å²) in [4.78, 5) is 15.5. The fourth-order valence-electron chi connectivity index (χ4n) is 2.28. The van der Waals surface area contributed by atoms with Crippen molar-refractivity contribution in [3.8, 4) is 0 Å². The fourth-order valence-corrected chi connectivity index (χ4v) is 2.28. The Morgan fingerprint density at radius 3 is 2.65 bits per heavy atom. The lowest BCUT2D eigenvalue weighted by Gasteiger charge is -2.28. The Labute approximate surface area is 116 Å². The lowest BCUT2D eigenvalue weighted by molar-refractivity contribution is 0.0495. The van der Waals surface area contributed by atoms with Crippen LogP contribution in [0.5, 0.6) is 0 Å². The van der Waals surface area contributed by atoms with E-state index in [1.165, 1.54) is 6.20 Å². The van der Waals surface area contributed by atoms with Crippen molar-refractivity contribution in [1.29, 1.82) is 0 Å². The maximum absolute atomic E-state index is 11.2. The molecule has 0 atom stereocenters. The number of hydrogen-bond acceptors (Lipinski definition) is 5. The first-order valence-electron chi connectivity index (χ1n) is 6.46. The average Bonchev–Trinajstić information content (AvgIpc) is 2.48. The monoisotopic (exact) mass is 273 g/mol. The number of hydrogen-bond donors (Lipinski definition) is 2. The molecule has 0 bridgehead atoms. The first-order chi connectivity index (χ1) is 9.75. The third-order valence-electron chi connectivity index (χ3n) is 3.30. The SMILES string of the molecule is O=C(O)c1cnc(NN2CCOCC2)c2ccccc12. The van der Waals surface area contributed by atoms with Crippen molar-refractivity contribution in [3.63, 3.8) is 0 Å². The van der Waals surface area contributed by atoms with Gasteiger partial charge in [-0.05, 0) is 0 Å². The van der Waals surface area contributed by atoms with Crippen LogP contribution >= 0.6 is 0 Å². The highest BCUT2D eigenvalue weighted by Crippen LogP contribution is 2.24. The molecule has 2 aromatic rings. The molecule has 104 valence electrons. The van der Waals surface area contributed by atoms with E-state index >= 15 is 0 Å². The van der Waals surface area contributed by atoms with Gasteiger partial charge in [-0.3, -0.25) is 0 Å². The summed E-state index contributed by atoms with van der Waals surface area (Å²) < 4.78 is 5.30. The van der Waals surface area contributed by atoms with Gasteiger partial charge in [0, 0.05) is 30.1 Å². The second-order valence-electron chi connectivity index (χ2n) is 4.58. The van der Waals surface area contributed by atoms with E-state index in [0.717, 1.165) is 18.5 Å². The molecule has 2 heterocycles. The van der Waals surface area contributed by atoms with Crippen LogP contribution in [-0.2, 0) is 4.74 Å². The van der Waals surface area contributed by atoms with Crippen LogP contribution < -0.4 is 5.43 Å². The van der Waals surface area contributed by atoms with Crippen LogP contribution in [0.2, 0.25) is 0 Å². The lowest BCUT2D eigenvalue weighted by atomic mass is 10.1. The maximum Gasteiger partial charge on any atom is 0.337 e. The molecular formula is C14H15N3O3. The minimum atomic E-state index is -0.966. The number of ether oxygens (including phenoxy) is 1. The number of pyridine rings is 1. The molecule has 0 radical (unpaired) electrons. The van der Waals surface area contributed by atoms with Crippen LogP contribution in [0.4, 0.5) is 5.82 Å². The molecule has 1 aliphatic rings. The van der Waals surface area contributed by atoms with Crippen LogP contribution in [-0.4, -0.2) is 47.4 Å². The van der Waals surface area contributed by atoms with Crippen LogP contribution in [0.15, 0.2) is 30.5 Å². The first kappa shape index (κ1) is 12.8. The summed E-state index contributed by atoms with van der Waals surface area (Å²) in [6, 6.07) is 7.37. The number of carboxylic acids is 1. The van der Waals surface area contributed by atoms with Crippen molar-refractivity contribution in [2.24, 2.45) is 0 Å². The standard InChI is InChI=1S/C14H15N3O3/c18-14(19)12-9-15-13(11-4-2-1-3-10(11)12)16-17-5-7-20-8-6-17/h1-4,9H,5-8H2,(H,15,16)(H,18,19). The average molecular weight is 273 g/mol. The molecule has 1 aromatic carbocycles. The smallest absolute Gasteiger partial charge is 0.337 e. The molecule has 1 saturated heterocycles. The highest BCUT2D eigenvalue weighted by Gasteiger charge is 2.15. The van der Waals surface area contributed by atoms with Gasteiger partial charge in [-0.25, -0.2) is 14.8 Å². The van der Waals surface area contributed by atoms with E-state index in [2.05, 4.69) is 10.4 Å². The van der Waals surface area contributed by atoms with E-state index in [-0.39, 0.29) is 5.56 Å². The number of carboxylic acid groups (broad SMARTS) is 1. The molecule has 1 aromatic heterocycles. The Bertz CT molecular complexity index is 639. The topological polar surface area (TPSA) is 74.7 Å². The summed E-state index contributed by atoms with van der Waals surface area (Å²) in [7, 11) is 0. The zero-order valence-electron chi connectivity index (χ0n) is 10.9. The normalized spacial score (nSPS) is 16.2. The number of rotatable bonds is 3. The molecule has 3 rings (SSSR count). The van der Waals surface area contributed by atoms with Crippen molar-refractivity contribution in [2.75, 3.05) is 31.7 Å². The van der Waals surface area contributed by atoms with E-state index < -0.39 is 5.97 Å². The van der Waals surface area contributed by atoms with Gasteiger partial charge in [0.15, 0.2) is 0 Å². The van der Waals surface area contributed by atoms with Crippen molar-refractivity contribution in [3.05, 3.63) is 36.0 Å². The number of carbonyl (C=O) groups is 1. The Morgan fingerprint density at radius 1 is 1.25 bits per heavy atom. The Hall–Kier alpha value is -2.18. The Balaban J connectivity index is 1.99. The summed E-state index contributed by atoms with van der Waals surface area (Å²) in [5, 5.41) is 12.7. The second kappa shape index (κ2) is 5.44. The number of benzene rings is 1. The predicted molar refractivity (Wildman–Crippen MR) is 74.7 cm³/mol. The highest BCUT2D eigenvalue weighted by atomic mass is 16.5. The number of nitrogens with one attached hydrogen (secondary N) is 1. The number of hydrazine groups is 1. The lowest BCUT2D eigenvalue weighted by Crippen LogP contribution is -2.40. The summed E-state index contributed by atoms with van der Waals surface area (Å²) in [6.07, 6.45) is 1.40. The maximum atomic E-state index is 11.2. The van der Waals surface area contributed by atoms with Gasteiger partial charge in [0.2, 0.25) is 0 Å². The Morgan fingerprint density at radius 2 is 1.95 bits per heavy atom. The van der Waals surface area contributed by atoms with Gasteiger partial charge in [0.1, 0.15) is 5.82 Å². The van der Waals surface area contributed by atoms with Gasteiger partial charge in [0.25, 0.3) is 0 Å². The third kappa shape index (κ3) is 2.43. The number of aromatic carboxylic acids is 1. The van der Waals surface area contributed by atoms with Gasteiger partial charge >= 0.3 is 5.97 Å². The van der Waals surface area contributed by atoms with Crippen LogP contribution in [0, 0.1) is 0 Å². The second-order valence-corrected chi connectivity index (χ2v) is 4.58. The number of aromatic nitrogens is 1. The van der Waals surface area contributed by atoms with E-state index in [9.17, 15) is 9.90 Å². The number of morpholine rings is 1. The highest BCUT2D eigenvalue weighted by molar-refractivity contribution is 6.06. The fraction of sp³-hybridized carbons (Fsp3) is 0.286. The van der Waals surface area contributed by atoms with Gasteiger partial charge < -0.3 is 15.3 Å². The van der Waals surface area contributed by atoms with Gasteiger partial charge in [-0.15, -0.1) is 0 Å². The zero-order chi connectivity index (χ0) is 13.9. The van der Waals surface area contributed by atoms with Crippen molar-refractivity contribution >= 4 is 22.6 Å². The number of fused-ring (bicyclic) bond motifs is 1. The van der Waals surface area contributed by atoms with Gasteiger partial charge in [-0.2, -0.15) is 0 Å². The van der Waals surface area contributed by atoms with Crippen LogP contribution in [0.1, 0.15) is 10.4 Å². The van der Waals surface area contributed by atoms with E-state index in [1.807, 2.05) is 23.2 Å². The Kier molecular flexibility index (Phi) is 3.49. The number of nitrogens with zero attached hydrogens (tertiary/aromatic N) is 2. The molecule has 0 spiro atoms. The largest absolute Gasteiger partial charge is 0.478 e. The van der Waals surface area contributed by atoms with Gasteiger partial charge in [0.05, 0.1) is 18.8 Å². The predicted octanol–water partition coefficient (Wildman–Crippen LogP) is 1.59. The van der Waals surface area contributed by atoms with Crippen molar-refractivity contribution in [1.82, 2.24) is 9.99 Å². The minimum Gasteiger partial charge on any atom is -0.478 e. The molecule has 2 N–H and O–H groups in total.